The van der Waals surface area contributed by atoms with E-state index in [4.69, 9.17) is 4.74 Å². The van der Waals surface area contributed by atoms with Crippen LogP contribution in [0.3, 0.4) is 0 Å². The largest absolute Gasteiger partial charge is 0.497 e. The van der Waals surface area contributed by atoms with Crippen molar-refractivity contribution in [2.24, 2.45) is 0 Å². The Morgan fingerprint density at radius 3 is 2.34 bits per heavy atom. The lowest BCUT2D eigenvalue weighted by Gasteiger charge is -2.16. The molecule has 3 aromatic carbocycles. The molecule has 0 saturated heterocycles. The number of nitrogens with one attached hydrogen (secondary N) is 1. The predicted molar refractivity (Wildman–Crippen MR) is 115 cm³/mol. The third kappa shape index (κ3) is 3.72. The summed E-state index contributed by atoms with van der Waals surface area (Å²) in [5.41, 5.74) is 5.92. The van der Waals surface area contributed by atoms with Crippen molar-refractivity contribution in [3.8, 4) is 17.0 Å². The first-order valence-corrected chi connectivity index (χ1v) is 9.50. The van der Waals surface area contributed by atoms with Crippen LogP contribution in [0.1, 0.15) is 22.6 Å². The van der Waals surface area contributed by atoms with Crippen LogP contribution >= 0.6 is 0 Å². The maximum atomic E-state index is 11.6. The number of H-pyrrole nitrogens is 1. The van der Waals surface area contributed by atoms with Gasteiger partial charge in [0.1, 0.15) is 5.75 Å². The summed E-state index contributed by atoms with van der Waals surface area (Å²) in [4.78, 5) is 14.9. The fraction of sp³-hybridized carbons (Fsp3) is 0.167. The molecule has 0 unspecified atom stereocenters. The van der Waals surface area contributed by atoms with Crippen molar-refractivity contribution in [1.82, 2.24) is 4.98 Å². The maximum Gasteiger partial charge on any atom is 0.214 e. The summed E-state index contributed by atoms with van der Waals surface area (Å²) in [5.74, 6) is 0.342. The highest BCUT2D eigenvalue weighted by Gasteiger charge is 2.27. The lowest BCUT2D eigenvalue weighted by Crippen LogP contribution is -2.14. The van der Waals surface area contributed by atoms with Gasteiger partial charge in [-0.1, -0.05) is 60.2 Å². The van der Waals surface area contributed by atoms with Crippen molar-refractivity contribution in [1.29, 1.82) is 0 Å². The van der Waals surface area contributed by atoms with E-state index in [0.29, 0.717) is 0 Å². The maximum absolute atomic E-state index is 11.6. The standard InChI is InChI=1S/C24H22N2O3/c1-16-7-9-18(10-8-16)24-23(20-5-3-4-6-22(20)25-24)21(15-26(27)28)17-11-13-19(29-2)14-12-17/h3-14,21,25H,15H2,1-2H3/t21-/m1/s1. The fourth-order valence-corrected chi connectivity index (χ4v) is 3.82. The summed E-state index contributed by atoms with van der Waals surface area (Å²) in [6.45, 7) is 1.86. The molecule has 0 bridgehead atoms. The SMILES string of the molecule is COc1ccc([C@@H](C[N+](=O)[O-])c2c(-c3ccc(C)cc3)[nH]c3ccccc23)cc1. The molecular weight excluding hydrogens is 364 g/mol. The monoisotopic (exact) mass is 386 g/mol. The molecule has 4 rings (SSSR count). The summed E-state index contributed by atoms with van der Waals surface area (Å²) in [5, 5.41) is 12.6. The van der Waals surface area contributed by atoms with E-state index in [1.165, 1.54) is 5.56 Å². The topological polar surface area (TPSA) is 68.2 Å². The van der Waals surface area contributed by atoms with Gasteiger partial charge in [-0.15, -0.1) is 0 Å². The zero-order valence-corrected chi connectivity index (χ0v) is 16.4. The molecule has 4 aromatic rings. The number of rotatable bonds is 6. The van der Waals surface area contributed by atoms with Crippen LogP contribution in [0.15, 0.2) is 72.8 Å². The summed E-state index contributed by atoms with van der Waals surface area (Å²) in [6.07, 6.45) is 0. The first-order chi connectivity index (χ1) is 14.1. The Morgan fingerprint density at radius 1 is 1.00 bits per heavy atom. The van der Waals surface area contributed by atoms with E-state index in [1.807, 2.05) is 55.5 Å². The zero-order valence-electron chi connectivity index (χ0n) is 16.4. The molecule has 0 fully saturated rings. The van der Waals surface area contributed by atoms with Crippen molar-refractivity contribution in [3.05, 3.63) is 99.6 Å². The van der Waals surface area contributed by atoms with Crippen LogP contribution in [-0.2, 0) is 0 Å². The number of benzene rings is 3. The molecule has 1 aromatic heterocycles. The molecule has 0 saturated carbocycles. The van der Waals surface area contributed by atoms with E-state index in [-0.39, 0.29) is 17.4 Å². The molecule has 1 heterocycles. The number of hydrogen-bond donors (Lipinski definition) is 1. The minimum Gasteiger partial charge on any atom is -0.497 e. The highest BCUT2D eigenvalue weighted by Crippen LogP contribution is 2.39. The Bertz CT molecular complexity index is 1150. The molecule has 0 aliphatic carbocycles. The molecule has 5 nitrogen and oxygen atoms in total. The van der Waals surface area contributed by atoms with Gasteiger partial charge in [-0.05, 0) is 41.8 Å². The third-order valence-electron chi connectivity index (χ3n) is 5.28. The molecular formula is C24H22N2O3. The minimum atomic E-state index is -0.386. The molecule has 0 radical (unpaired) electrons. The van der Waals surface area contributed by atoms with E-state index >= 15 is 0 Å². The molecule has 0 aliphatic heterocycles. The number of aryl methyl sites for hydroxylation is 1. The highest BCUT2D eigenvalue weighted by molar-refractivity contribution is 5.92. The molecule has 1 atom stereocenters. The lowest BCUT2D eigenvalue weighted by molar-refractivity contribution is -0.481. The molecule has 5 heteroatoms. The lowest BCUT2D eigenvalue weighted by atomic mass is 9.87. The van der Waals surface area contributed by atoms with Gasteiger partial charge < -0.3 is 9.72 Å². The van der Waals surface area contributed by atoms with Gasteiger partial charge in [0, 0.05) is 15.8 Å². The number of aromatic amines is 1. The van der Waals surface area contributed by atoms with Gasteiger partial charge in [0.25, 0.3) is 0 Å². The first-order valence-electron chi connectivity index (χ1n) is 9.50. The summed E-state index contributed by atoms with van der Waals surface area (Å²) in [6, 6.07) is 23.7. The van der Waals surface area contributed by atoms with Gasteiger partial charge in [0.05, 0.1) is 18.7 Å². The van der Waals surface area contributed by atoms with Crippen molar-refractivity contribution < 1.29 is 9.66 Å². The van der Waals surface area contributed by atoms with Crippen LogP contribution in [0.25, 0.3) is 22.2 Å². The molecule has 0 aliphatic rings. The van der Waals surface area contributed by atoms with Crippen LogP contribution in [-0.4, -0.2) is 23.6 Å². The van der Waals surface area contributed by atoms with Gasteiger partial charge in [0.2, 0.25) is 6.54 Å². The van der Waals surface area contributed by atoms with Crippen molar-refractivity contribution in [3.63, 3.8) is 0 Å². The van der Waals surface area contributed by atoms with Crippen LogP contribution in [0.2, 0.25) is 0 Å². The van der Waals surface area contributed by atoms with E-state index in [0.717, 1.165) is 39.0 Å². The number of methoxy groups -OCH3 is 1. The van der Waals surface area contributed by atoms with E-state index in [2.05, 4.69) is 29.2 Å². The Morgan fingerprint density at radius 2 is 1.69 bits per heavy atom. The molecule has 0 spiro atoms. The van der Waals surface area contributed by atoms with Crippen LogP contribution in [0.5, 0.6) is 5.75 Å². The number of aromatic nitrogens is 1. The van der Waals surface area contributed by atoms with E-state index in [1.54, 1.807) is 7.11 Å². The van der Waals surface area contributed by atoms with Crippen molar-refractivity contribution >= 4 is 10.9 Å². The Balaban J connectivity index is 1.95. The van der Waals surface area contributed by atoms with Crippen molar-refractivity contribution in [2.45, 2.75) is 12.8 Å². The zero-order chi connectivity index (χ0) is 20.4. The van der Waals surface area contributed by atoms with Crippen molar-refractivity contribution in [2.75, 3.05) is 13.7 Å². The van der Waals surface area contributed by atoms with Gasteiger partial charge >= 0.3 is 0 Å². The molecule has 29 heavy (non-hydrogen) atoms. The normalized spacial score (nSPS) is 12.1. The van der Waals surface area contributed by atoms with Crippen LogP contribution < -0.4 is 4.74 Å². The van der Waals surface area contributed by atoms with E-state index in [9.17, 15) is 10.1 Å². The van der Waals surface area contributed by atoms with Gasteiger partial charge in [-0.2, -0.15) is 0 Å². The van der Waals surface area contributed by atoms with Crippen LogP contribution in [0.4, 0.5) is 0 Å². The average molecular weight is 386 g/mol. The number of nitrogens with zero attached hydrogens (tertiary/aromatic N) is 1. The number of ether oxygens (including phenoxy) is 1. The third-order valence-corrected chi connectivity index (χ3v) is 5.28. The Labute approximate surface area is 169 Å². The second-order valence-electron chi connectivity index (χ2n) is 7.17. The highest BCUT2D eigenvalue weighted by atomic mass is 16.6. The first kappa shape index (κ1) is 18.7. The average Bonchev–Trinajstić information content (AvgIpc) is 3.12. The number of nitro groups is 1. The smallest absolute Gasteiger partial charge is 0.214 e. The Hall–Kier alpha value is -3.60. The number of fused-ring (bicyclic) bond motifs is 1. The molecule has 0 amide bonds. The molecule has 146 valence electrons. The van der Waals surface area contributed by atoms with Gasteiger partial charge in [0.15, 0.2) is 0 Å². The Kier molecular flexibility index (Phi) is 5.04. The number of para-hydroxylation sites is 1. The van der Waals surface area contributed by atoms with E-state index < -0.39 is 0 Å². The summed E-state index contributed by atoms with van der Waals surface area (Å²) >= 11 is 0. The second-order valence-corrected chi connectivity index (χ2v) is 7.17. The van der Waals surface area contributed by atoms with Crippen LogP contribution in [0, 0.1) is 17.0 Å². The summed E-state index contributed by atoms with van der Waals surface area (Å²) in [7, 11) is 1.61. The number of hydrogen-bond acceptors (Lipinski definition) is 3. The quantitative estimate of drug-likeness (QED) is 0.348. The van der Waals surface area contributed by atoms with Gasteiger partial charge in [-0.25, -0.2) is 0 Å². The fourth-order valence-electron chi connectivity index (χ4n) is 3.82. The molecule has 1 N–H and O–H groups in total. The minimum absolute atomic E-state index is 0.187. The summed E-state index contributed by atoms with van der Waals surface area (Å²) < 4.78 is 5.26. The predicted octanol–water partition coefficient (Wildman–Crippen LogP) is 5.56. The van der Waals surface area contributed by atoms with Gasteiger partial charge in [-0.3, -0.25) is 10.1 Å². The second kappa shape index (κ2) is 7.80.